The summed E-state index contributed by atoms with van der Waals surface area (Å²) in [5.74, 6) is -4.07. The maximum absolute atomic E-state index is 13.6. The zero-order valence-electron chi connectivity index (χ0n) is 22.5. The van der Waals surface area contributed by atoms with Crippen LogP contribution in [0.15, 0.2) is 35.5 Å². The molecule has 0 radical (unpaired) electrons. The van der Waals surface area contributed by atoms with Gasteiger partial charge in [0, 0.05) is 36.6 Å². The average Bonchev–Trinajstić information content (AvgIpc) is 3.57. The van der Waals surface area contributed by atoms with Gasteiger partial charge in [0.05, 0.1) is 12.5 Å². The first-order valence-corrected chi connectivity index (χ1v) is 13.3. The van der Waals surface area contributed by atoms with Crippen molar-refractivity contribution in [1.82, 2.24) is 20.5 Å². The van der Waals surface area contributed by atoms with Gasteiger partial charge in [-0.1, -0.05) is 18.2 Å². The predicted octanol–water partition coefficient (Wildman–Crippen LogP) is -1.99. The number of nitrogens with one attached hydrogen (secondary N) is 3. The Hall–Kier alpha value is -4.66. The van der Waals surface area contributed by atoms with Crippen LogP contribution in [-0.2, 0) is 30.4 Å². The molecule has 1 aromatic carbocycles. The molecule has 12 N–H and O–H groups in total. The predicted molar refractivity (Wildman–Crippen MR) is 150 cm³/mol. The average molecular weight is 572 g/mol. The summed E-state index contributed by atoms with van der Waals surface area (Å²) >= 11 is 0. The fourth-order valence-corrected chi connectivity index (χ4v) is 4.84. The van der Waals surface area contributed by atoms with Crippen LogP contribution < -0.4 is 33.6 Å². The standard InChI is InChI=1S/C26H37N9O6/c27-16(12-21(28)36)22(37)34-19(11-14-13-32-17-6-2-1-5-15(14)17)23(38)33-18(7-3-9-31-26(29)30)24(39)35-10-4-8-20(35)25(40)41/h1-2,5-6,13,16,18-20,32H,3-4,7-12,27H2,(H2,28,36)(H,33,38)(H,34,37)(H,40,41)(H4,29,30,31). The zero-order chi connectivity index (χ0) is 30.1. The van der Waals surface area contributed by atoms with E-state index >= 15 is 0 Å². The van der Waals surface area contributed by atoms with Crippen LogP contribution in [0.4, 0.5) is 0 Å². The van der Waals surface area contributed by atoms with E-state index in [1.54, 1.807) is 6.20 Å². The number of H-pyrrole nitrogens is 1. The molecule has 1 aromatic heterocycles. The molecule has 41 heavy (non-hydrogen) atoms. The SMILES string of the molecule is NC(=O)CC(N)C(=O)NC(Cc1c[nH]c2ccccc12)C(=O)NC(CCCN=C(N)N)C(=O)N1CCCC1C(=O)O. The molecule has 1 aliphatic heterocycles. The normalized spacial score (nSPS) is 16.9. The number of hydrogen-bond donors (Lipinski definition) is 8. The smallest absolute Gasteiger partial charge is 0.326 e. The number of aliphatic imine (C=N–C) groups is 1. The quantitative estimate of drug-likeness (QED) is 0.0707. The van der Waals surface area contributed by atoms with Crippen LogP contribution >= 0.6 is 0 Å². The topological polar surface area (TPSA) is 265 Å². The van der Waals surface area contributed by atoms with Gasteiger partial charge < -0.3 is 48.6 Å². The summed E-state index contributed by atoms with van der Waals surface area (Å²) in [6.07, 6.45) is 2.54. The second-order valence-corrected chi connectivity index (χ2v) is 9.94. The number of nitrogens with zero attached hydrogens (tertiary/aromatic N) is 2. The van der Waals surface area contributed by atoms with Crippen molar-refractivity contribution in [2.24, 2.45) is 27.9 Å². The molecule has 4 atom stereocenters. The molecule has 0 saturated carbocycles. The Balaban J connectivity index is 1.86. The summed E-state index contributed by atoms with van der Waals surface area (Å²) in [4.78, 5) is 71.2. The number of aromatic amines is 1. The lowest BCUT2D eigenvalue weighted by molar-refractivity contribution is -0.149. The number of nitrogens with two attached hydrogens (primary N) is 4. The molecule has 0 spiro atoms. The van der Waals surface area contributed by atoms with Crippen LogP contribution in [0.3, 0.4) is 0 Å². The fourth-order valence-electron chi connectivity index (χ4n) is 4.84. The van der Waals surface area contributed by atoms with Gasteiger partial charge in [-0.3, -0.25) is 24.2 Å². The number of primary amides is 1. The first kappa shape index (κ1) is 30.9. The third kappa shape index (κ3) is 8.41. The summed E-state index contributed by atoms with van der Waals surface area (Å²) < 4.78 is 0. The number of hydrogen-bond acceptors (Lipinski definition) is 7. The van der Waals surface area contributed by atoms with Crippen molar-refractivity contribution in [3.05, 3.63) is 36.0 Å². The van der Waals surface area contributed by atoms with E-state index in [0.29, 0.717) is 24.8 Å². The molecule has 15 heteroatoms. The molecule has 4 unspecified atom stereocenters. The highest BCUT2D eigenvalue weighted by Crippen LogP contribution is 2.21. The highest BCUT2D eigenvalue weighted by Gasteiger charge is 2.38. The van der Waals surface area contributed by atoms with Crippen LogP contribution in [-0.4, -0.2) is 87.8 Å². The maximum atomic E-state index is 13.6. The molecule has 1 saturated heterocycles. The highest BCUT2D eigenvalue weighted by atomic mass is 16.4. The lowest BCUT2D eigenvalue weighted by Crippen LogP contribution is -2.57. The number of carbonyl (C=O) groups excluding carboxylic acids is 4. The molecule has 1 aliphatic rings. The van der Waals surface area contributed by atoms with Gasteiger partial charge in [-0.25, -0.2) is 4.79 Å². The number of carbonyl (C=O) groups is 5. The number of benzene rings is 1. The van der Waals surface area contributed by atoms with Crippen molar-refractivity contribution in [2.75, 3.05) is 13.1 Å². The number of guanidine groups is 1. The van der Waals surface area contributed by atoms with E-state index in [2.05, 4.69) is 20.6 Å². The summed E-state index contributed by atoms with van der Waals surface area (Å²) in [5, 5.41) is 15.7. The number of rotatable bonds is 14. The van der Waals surface area contributed by atoms with Crippen molar-refractivity contribution in [3.63, 3.8) is 0 Å². The third-order valence-electron chi connectivity index (χ3n) is 6.87. The van der Waals surface area contributed by atoms with Crippen molar-refractivity contribution in [1.29, 1.82) is 0 Å². The lowest BCUT2D eigenvalue weighted by atomic mass is 10.0. The Labute approximate surface area is 236 Å². The molecular formula is C26H37N9O6. The van der Waals surface area contributed by atoms with Crippen molar-refractivity contribution >= 4 is 46.5 Å². The minimum Gasteiger partial charge on any atom is -0.480 e. The van der Waals surface area contributed by atoms with Gasteiger partial charge in [0.2, 0.25) is 23.6 Å². The van der Waals surface area contributed by atoms with Crippen LogP contribution in [0.25, 0.3) is 10.9 Å². The molecule has 4 amide bonds. The first-order chi connectivity index (χ1) is 19.5. The Morgan fingerprint density at radius 2 is 1.78 bits per heavy atom. The molecule has 0 aliphatic carbocycles. The van der Waals surface area contributed by atoms with Gasteiger partial charge in [0.25, 0.3) is 0 Å². The van der Waals surface area contributed by atoms with E-state index in [1.807, 2.05) is 24.3 Å². The summed E-state index contributed by atoms with van der Waals surface area (Å²) in [6.45, 7) is 0.412. The second kappa shape index (κ2) is 14.1. The number of fused-ring (bicyclic) bond motifs is 1. The number of likely N-dealkylation sites (tertiary alicyclic amines) is 1. The Kier molecular flexibility index (Phi) is 10.6. The van der Waals surface area contributed by atoms with E-state index in [0.717, 1.165) is 10.9 Å². The summed E-state index contributed by atoms with van der Waals surface area (Å²) in [7, 11) is 0. The van der Waals surface area contributed by atoms with Gasteiger partial charge >= 0.3 is 5.97 Å². The molecule has 2 aromatic rings. The Morgan fingerprint density at radius 3 is 2.46 bits per heavy atom. The minimum absolute atomic E-state index is 0.0290. The highest BCUT2D eigenvalue weighted by molar-refractivity contribution is 5.96. The number of carboxylic acids is 1. The van der Waals surface area contributed by atoms with Gasteiger partial charge in [0.15, 0.2) is 5.96 Å². The van der Waals surface area contributed by atoms with Crippen molar-refractivity contribution < 1.29 is 29.1 Å². The monoisotopic (exact) mass is 571 g/mol. The summed E-state index contributed by atoms with van der Waals surface area (Å²) in [6, 6.07) is 2.79. The maximum Gasteiger partial charge on any atom is 0.326 e. The van der Waals surface area contributed by atoms with Crippen LogP contribution in [0, 0.1) is 0 Å². The number of carboxylic acid groups (broad SMARTS) is 1. The van der Waals surface area contributed by atoms with Gasteiger partial charge in [-0.15, -0.1) is 0 Å². The van der Waals surface area contributed by atoms with Crippen LogP contribution in [0.2, 0.25) is 0 Å². The van der Waals surface area contributed by atoms with E-state index in [9.17, 15) is 29.1 Å². The Bertz CT molecular complexity index is 1310. The lowest BCUT2D eigenvalue weighted by Gasteiger charge is -2.29. The van der Waals surface area contributed by atoms with Gasteiger partial charge in [0.1, 0.15) is 18.1 Å². The van der Waals surface area contributed by atoms with E-state index in [4.69, 9.17) is 22.9 Å². The van der Waals surface area contributed by atoms with Crippen molar-refractivity contribution in [2.45, 2.75) is 62.7 Å². The molecule has 3 rings (SSSR count). The number of aromatic nitrogens is 1. The molecule has 0 bridgehead atoms. The van der Waals surface area contributed by atoms with E-state index in [-0.39, 0.29) is 31.9 Å². The number of aliphatic carboxylic acids is 1. The first-order valence-electron chi connectivity index (χ1n) is 13.3. The molecular weight excluding hydrogens is 534 g/mol. The largest absolute Gasteiger partial charge is 0.480 e. The second-order valence-electron chi connectivity index (χ2n) is 9.94. The van der Waals surface area contributed by atoms with Crippen molar-refractivity contribution in [3.8, 4) is 0 Å². The minimum atomic E-state index is -1.29. The number of para-hydroxylation sites is 1. The fraction of sp³-hybridized carbons (Fsp3) is 0.462. The van der Waals surface area contributed by atoms with Gasteiger partial charge in [-0.2, -0.15) is 0 Å². The van der Waals surface area contributed by atoms with Gasteiger partial charge in [-0.05, 0) is 37.3 Å². The molecule has 222 valence electrons. The Morgan fingerprint density at radius 1 is 1.07 bits per heavy atom. The summed E-state index contributed by atoms with van der Waals surface area (Å²) in [5.41, 5.74) is 23.3. The molecule has 1 fully saturated rings. The van der Waals surface area contributed by atoms with E-state index < -0.39 is 60.2 Å². The van der Waals surface area contributed by atoms with E-state index in [1.165, 1.54) is 4.90 Å². The number of amides is 4. The van der Waals surface area contributed by atoms with Crippen LogP contribution in [0.5, 0.6) is 0 Å². The van der Waals surface area contributed by atoms with Crippen LogP contribution in [0.1, 0.15) is 37.7 Å². The zero-order valence-corrected chi connectivity index (χ0v) is 22.5. The molecule has 15 nitrogen and oxygen atoms in total. The molecule has 2 heterocycles. The third-order valence-corrected chi connectivity index (χ3v) is 6.87.